The third-order valence-corrected chi connectivity index (χ3v) is 6.29. The fraction of sp³-hybridized carbons (Fsp3) is 0.333. The Kier molecular flexibility index (Phi) is 8.89. The van der Waals surface area contributed by atoms with Crippen LogP contribution in [0.2, 0.25) is 5.02 Å². The molecule has 0 fully saturated rings. The first kappa shape index (κ1) is 26.4. The van der Waals surface area contributed by atoms with E-state index in [1.807, 2.05) is 26.0 Å². The van der Waals surface area contributed by atoms with Gasteiger partial charge in [0.2, 0.25) is 0 Å². The molecule has 0 spiro atoms. The van der Waals surface area contributed by atoms with Crippen molar-refractivity contribution in [1.82, 2.24) is 9.66 Å². The lowest BCUT2D eigenvalue weighted by atomic mass is 10.1. The molecule has 0 unspecified atom stereocenters. The fourth-order valence-electron chi connectivity index (χ4n) is 3.12. The topological polar surface area (TPSA) is 82.8 Å². The molecule has 10 heteroatoms. The highest BCUT2D eigenvalue weighted by atomic mass is 79.9. The normalized spacial score (nSPS) is 12.5. The van der Waals surface area contributed by atoms with Crippen molar-refractivity contribution in [1.29, 1.82) is 0 Å². The molecule has 1 atom stereocenters. The number of hydrogen-bond donors (Lipinski definition) is 0. The predicted octanol–water partition coefficient (Wildman–Crippen LogP) is 6.30. The van der Waals surface area contributed by atoms with E-state index in [4.69, 9.17) is 26.1 Å². The van der Waals surface area contributed by atoms with Crippen LogP contribution in [0, 0.1) is 0 Å². The minimum Gasteiger partial charge on any atom is -0.479 e. The van der Waals surface area contributed by atoms with Gasteiger partial charge in [0.05, 0.1) is 32.7 Å². The van der Waals surface area contributed by atoms with Crippen molar-refractivity contribution in [2.24, 2.45) is 5.10 Å². The molecule has 180 valence electrons. The number of hydrogen-bond acceptors (Lipinski definition) is 6. The highest BCUT2D eigenvalue weighted by Gasteiger charge is 2.16. The first-order valence-corrected chi connectivity index (χ1v) is 12.6. The second kappa shape index (κ2) is 11.5. The maximum absolute atomic E-state index is 13.2. The van der Waals surface area contributed by atoms with Gasteiger partial charge in [-0.3, -0.25) is 4.79 Å². The van der Waals surface area contributed by atoms with Crippen LogP contribution in [0.3, 0.4) is 0 Å². The Morgan fingerprint density at radius 1 is 1.24 bits per heavy atom. The van der Waals surface area contributed by atoms with Gasteiger partial charge in [0.1, 0.15) is 5.82 Å². The van der Waals surface area contributed by atoms with E-state index in [0.29, 0.717) is 32.5 Å². The average molecular weight is 614 g/mol. The van der Waals surface area contributed by atoms with Crippen LogP contribution in [-0.2, 0) is 9.53 Å². The lowest BCUT2D eigenvalue weighted by Crippen LogP contribution is -2.23. The summed E-state index contributed by atoms with van der Waals surface area (Å²) < 4.78 is 13.2. The predicted molar refractivity (Wildman–Crippen MR) is 141 cm³/mol. The largest absolute Gasteiger partial charge is 0.479 e. The smallest absolute Gasteiger partial charge is 0.344 e. The summed E-state index contributed by atoms with van der Waals surface area (Å²) in [5.74, 6) is 0.423. The third kappa shape index (κ3) is 6.25. The van der Waals surface area contributed by atoms with E-state index >= 15 is 0 Å². The van der Waals surface area contributed by atoms with E-state index in [0.717, 1.165) is 10.9 Å². The number of rotatable bonds is 8. The van der Waals surface area contributed by atoms with Gasteiger partial charge in [0.15, 0.2) is 12.4 Å². The number of benzene rings is 2. The van der Waals surface area contributed by atoms with Gasteiger partial charge in [-0.15, -0.1) is 0 Å². The van der Waals surface area contributed by atoms with Crippen LogP contribution in [0.15, 0.2) is 49.2 Å². The van der Waals surface area contributed by atoms with Gasteiger partial charge in [0.25, 0.3) is 5.56 Å². The Hall–Kier alpha value is -2.23. The Labute approximate surface area is 219 Å². The molecule has 1 heterocycles. The Morgan fingerprint density at radius 3 is 2.62 bits per heavy atom. The summed E-state index contributed by atoms with van der Waals surface area (Å²) in [7, 11) is 0. The number of carbonyl (C=O) groups is 1. The number of esters is 1. The summed E-state index contributed by atoms with van der Waals surface area (Å²) in [6, 6.07) is 8.78. The van der Waals surface area contributed by atoms with Gasteiger partial charge in [-0.25, -0.2) is 9.78 Å². The van der Waals surface area contributed by atoms with Gasteiger partial charge in [-0.05, 0) is 72.1 Å². The van der Waals surface area contributed by atoms with E-state index in [2.05, 4.69) is 37.0 Å². The molecule has 0 aliphatic carbocycles. The standard InChI is InChI=1S/C24H24Br2ClN3O4/c1-5-14(4)23-29-20-7-6-16(25)10-17(20)24(32)30(23)28-11-15-8-18(26)22(19(27)9-15)33-12-21(31)34-13(2)3/h6-11,13-14H,5,12H2,1-4H3/t14-/m1/s1. The molecule has 1 aromatic heterocycles. The summed E-state index contributed by atoms with van der Waals surface area (Å²) in [6.45, 7) is 7.29. The van der Waals surface area contributed by atoms with Crippen LogP contribution in [-0.4, -0.2) is 34.6 Å². The molecule has 0 amide bonds. The van der Waals surface area contributed by atoms with Crippen LogP contribution in [0.1, 0.15) is 51.4 Å². The maximum atomic E-state index is 13.2. The molecule has 0 saturated carbocycles. The van der Waals surface area contributed by atoms with Gasteiger partial charge in [-0.1, -0.05) is 41.4 Å². The highest BCUT2D eigenvalue weighted by molar-refractivity contribution is 9.10. The van der Waals surface area contributed by atoms with Crippen molar-refractivity contribution in [3.63, 3.8) is 0 Å². The molecule has 0 N–H and O–H groups in total. The molecule has 0 aliphatic heterocycles. The van der Waals surface area contributed by atoms with Crippen LogP contribution in [0.5, 0.6) is 5.75 Å². The summed E-state index contributed by atoms with van der Waals surface area (Å²) in [6.07, 6.45) is 2.10. The lowest BCUT2D eigenvalue weighted by molar-refractivity contribution is -0.149. The Bertz CT molecular complexity index is 1280. The molecule has 0 radical (unpaired) electrons. The summed E-state index contributed by atoms with van der Waals surface area (Å²) in [5.41, 5.74) is 0.996. The van der Waals surface area contributed by atoms with Crippen molar-refractivity contribution < 1.29 is 14.3 Å². The SMILES string of the molecule is CC[C@@H](C)c1nc2ccc(Br)cc2c(=O)n1N=Cc1cc(Cl)c(OCC(=O)OC(C)C)c(Br)c1. The molecule has 3 aromatic rings. The van der Waals surface area contributed by atoms with Crippen LogP contribution < -0.4 is 10.3 Å². The summed E-state index contributed by atoms with van der Waals surface area (Å²) in [5, 5.41) is 5.20. The molecule has 2 aromatic carbocycles. The van der Waals surface area contributed by atoms with Crippen LogP contribution in [0.4, 0.5) is 0 Å². The van der Waals surface area contributed by atoms with Gasteiger partial charge < -0.3 is 9.47 Å². The molecule has 0 saturated heterocycles. The second-order valence-corrected chi connectivity index (χ2v) is 10.1. The van der Waals surface area contributed by atoms with E-state index in [-0.39, 0.29) is 29.2 Å². The van der Waals surface area contributed by atoms with E-state index < -0.39 is 5.97 Å². The number of ether oxygens (including phenoxy) is 2. The highest BCUT2D eigenvalue weighted by Crippen LogP contribution is 2.34. The minimum absolute atomic E-state index is 0.0228. The van der Waals surface area contributed by atoms with Crippen molar-refractivity contribution in [2.45, 2.75) is 46.1 Å². The molecule has 34 heavy (non-hydrogen) atoms. The molecule has 3 rings (SSSR count). The zero-order valence-corrected chi connectivity index (χ0v) is 23.1. The van der Waals surface area contributed by atoms with Crippen molar-refractivity contribution in [3.05, 3.63) is 66.0 Å². The molecular formula is C24H24Br2ClN3O4. The van der Waals surface area contributed by atoms with E-state index in [1.54, 1.807) is 32.0 Å². The first-order chi connectivity index (χ1) is 16.1. The zero-order chi connectivity index (χ0) is 25.0. The number of aromatic nitrogens is 2. The van der Waals surface area contributed by atoms with E-state index in [1.165, 1.54) is 10.9 Å². The van der Waals surface area contributed by atoms with Crippen LogP contribution in [0.25, 0.3) is 10.9 Å². The van der Waals surface area contributed by atoms with Crippen molar-refractivity contribution >= 4 is 66.5 Å². The average Bonchev–Trinajstić information content (AvgIpc) is 2.77. The molecule has 7 nitrogen and oxygen atoms in total. The molecular weight excluding hydrogens is 590 g/mol. The maximum Gasteiger partial charge on any atom is 0.344 e. The quantitative estimate of drug-likeness (QED) is 0.220. The number of halogens is 3. The Balaban J connectivity index is 1.96. The summed E-state index contributed by atoms with van der Waals surface area (Å²) >= 11 is 13.2. The Morgan fingerprint density at radius 2 is 1.97 bits per heavy atom. The van der Waals surface area contributed by atoms with Crippen molar-refractivity contribution in [3.8, 4) is 5.75 Å². The number of carbonyl (C=O) groups excluding carboxylic acids is 1. The first-order valence-electron chi connectivity index (χ1n) is 10.7. The van der Waals surface area contributed by atoms with Gasteiger partial charge in [0, 0.05) is 10.4 Å². The summed E-state index contributed by atoms with van der Waals surface area (Å²) in [4.78, 5) is 29.7. The molecule has 0 bridgehead atoms. The fourth-order valence-corrected chi connectivity index (χ4v) is 4.47. The second-order valence-electron chi connectivity index (χ2n) is 7.94. The minimum atomic E-state index is -0.490. The van der Waals surface area contributed by atoms with Gasteiger partial charge in [-0.2, -0.15) is 9.78 Å². The number of fused-ring (bicyclic) bond motifs is 1. The molecule has 0 aliphatic rings. The third-order valence-electron chi connectivity index (χ3n) is 4.93. The van der Waals surface area contributed by atoms with Crippen LogP contribution >= 0.6 is 43.5 Å². The zero-order valence-electron chi connectivity index (χ0n) is 19.1. The number of nitrogens with zero attached hydrogens (tertiary/aromatic N) is 3. The lowest BCUT2D eigenvalue weighted by Gasteiger charge is -2.14. The van der Waals surface area contributed by atoms with Gasteiger partial charge >= 0.3 is 5.97 Å². The monoisotopic (exact) mass is 611 g/mol. The van der Waals surface area contributed by atoms with E-state index in [9.17, 15) is 9.59 Å². The van der Waals surface area contributed by atoms with Crippen molar-refractivity contribution in [2.75, 3.05) is 6.61 Å².